The third kappa shape index (κ3) is 5.02. The Labute approximate surface area is 130 Å². The van der Waals surface area contributed by atoms with Gasteiger partial charge in [0.2, 0.25) is 5.91 Å². The maximum atomic E-state index is 13.6. The fourth-order valence-electron chi connectivity index (χ4n) is 2.07. The number of hydrogen-bond acceptors (Lipinski definition) is 2. The van der Waals surface area contributed by atoms with E-state index in [0.29, 0.717) is 11.1 Å². The molecule has 0 aliphatic carbocycles. The molecule has 0 radical (unpaired) electrons. The summed E-state index contributed by atoms with van der Waals surface area (Å²) in [6.45, 7) is 5.50. The third-order valence-corrected chi connectivity index (χ3v) is 3.43. The van der Waals surface area contributed by atoms with E-state index in [9.17, 15) is 14.0 Å². The smallest absolute Gasteiger partial charge is 0.315 e. The van der Waals surface area contributed by atoms with Crippen LogP contribution in [-0.2, 0) is 4.79 Å². The Morgan fingerprint density at radius 2 is 1.77 bits per heavy atom. The molecule has 0 saturated heterocycles. The number of halogens is 1. The molecular weight excluding hydrogens is 285 g/mol. The first-order chi connectivity index (χ1) is 10.2. The molecule has 2 N–H and O–H groups in total. The molecule has 122 valence electrons. The van der Waals surface area contributed by atoms with E-state index in [2.05, 4.69) is 10.6 Å². The van der Waals surface area contributed by atoms with E-state index in [1.165, 1.54) is 4.90 Å². The fourth-order valence-corrected chi connectivity index (χ4v) is 2.07. The van der Waals surface area contributed by atoms with E-state index in [1.54, 1.807) is 40.1 Å². The van der Waals surface area contributed by atoms with Gasteiger partial charge in [-0.1, -0.05) is 12.1 Å². The molecule has 0 fully saturated rings. The first kappa shape index (κ1) is 17.9. The van der Waals surface area contributed by atoms with Gasteiger partial charge in [-0.2, -0.15) is 0 Å². The molecule has 0 aromatic heterocycles. The Bertz CT molecular complexity index is 535. The van der Waals surface area contributed by atoms with Gasteiger partial charge in [-0.05, 0) is 37.5 Å². The van der Waals surface area contributed by atoms with Gasteiger partial charge in [0.05, 0.1) is 6.04 Å². The molecule has 22 heavy (non-hydrogen) atoms. The second kappa shape index (κ2) is 7.77. The average molecular weight is 309 g/mol. The molecule has 1 aromatic carbocycles. The average Bonchev–Trinajstić information content (AvgIpc) is 2.43. The highest BCUT2D eigenvalue weighted by Crippen LogP contribution is 2.19. The van der Waals surface area contributed by atoms with Gasteiger partial charge in [-0.25, -0.2) is 9.18 Å². The number of aryl methyl sites for hydroxylation is 2. The van der Waals surface area contributed by atoms with Crippen LogP contribution < -0.4 is 10.6 Å². The molecule has 0 heterocycles. The molecule has 0 saturated carbocycles. The number of urea groups is 1. The maximum absolute atomic E-state index is 13.6. The Hall–Kier alpha value is -2.11. The lowest BCUT2D eigenvalue weighted by Gasteiger charge is -2.17. The molecule has 0 bridgehead atoms. The highest BCUT2D eigenvalue weighted by atomic mass is 19.1. The Balaban J connectivity index is 2.52. The zero-order valence-electron chi connectivity index (χ0n) is 13.8. The number of nitrogens with one attached hydrogen (secondary N) is 2. The largest absolute Gasteiger partial charge is 0.349 e. The summed E-state index contributed by atoms with van der Waals surface area (Å²) in [5.74, 6) is -0.263. The van der Waals surface area contributed by atoms with E-state index < -0.39 is 0 Å². The predicted octanol–water partition coefficient (Wildman–Crippen LogP) is 2.28. The lowest BCUT2D eigenvalue weighted by Crippen LogP contribution is -2.39. The van der Waals surface area contributed by atoms with Crippen molar-refractivity contribution < 1.29 is 14.0 Å². The van der Waals surface area contributed by atoms with Crippen molar-refractivity contribution >= 4 is 11.9 Å². The highest BCUT2D eigenvalue weighted by molar-refractivity contribution is 5.78. The number of nitrogens with zero attached hydrogens (tertiary/aromatic N) is 1. The molecule has 5 nitrogen and oxygen atoms in total. The van der Waals surface area contributed by atoms with Crippen LogP contribution in [0.5, 0.6) is 0 Å². The van der Waals surface area contributed by atoms with Crippen LogP contribution in [0.1, 0.15) is 36.1 Å². The lowest BCUT2D eigenvalue weighted by molar-refractivity contribution is -0.128. The lowest BCUT2D eigenvalue weighted by atomic mass is 10.0. The Morgan fingerprint density at radius 3 is 2.27 bits per heavy atom. The van der Waals surface area contributed by atoms with Crippen LogP contribution in [0.25, 0.3) is 0 Å². The van der Waals surface area contributed by atoms with Gasteiger partial charge in [0, 0.05) is 27.1 Å². The Morgan fingerprint density at radius 1 is 1.23 bits per heavy atom. The van der Waals surface area contributed by atoms with Gasteiger partial charge in [-0.15, -0.1) is 0 Å². The molecule has 6 heteroatoms. The second-order valence-corrected chi connectivity index (χ2v) is 5.63. The van der Waals surface area contributed by atoms with Crippen LogP contribution in [0, 0.1) is 19.7 Å². The second-order valence-electron chi connectivity index (χ2n) is 5.63. The summed E-state index contributed by atoms with van der Waals surface area (Å²) in [5.41, 5.74) is 1.96. The van der Waals surface area contributed by atoms with Crippen molar-refractivity contribution in [2.45, 2.75) is 33.2 Å². The number of carbonyl (C=O) groups is 2. The summed E-state index contributed by atoms with van der Waals surface area (Å²) in [6.07, 6.45) is 0.254. The first-order valence-electron chi connectivity index (χ1n) is 7.23. The topological polar surface area (TPSA) is 61.4 Å². The summed E-state index contributed by atoms with van der Waals surface area (Å²) in [5, 5.41) is 5.41. The summed E-state index contributed by atoms with van der Waals surface area (Å²) < 4.78 is 13.6. The van der Waals surface area contributed by atoms with E-state index >= 15 is 0 Å². The minimum Gasteiger partial charge on any atom is -0.349 e. The highest BCUT2D eigenvalue weighted by Gasteiger charge is 2.13. The molecule has 3 amide bonds. The minimum atomic E-state index is -0.348. The van der Waals surface area contributed by atoms with Crippen molar-refractivity contribution in [3.8, 4) is 0 Å². The summed E-state index contributed by atoms with van der Waals surface area (Å²) in [7, 11) is 3.34. The van der Waals surface area contributed by atoms with Crippen LogP contribution in [-0.4, -0.2) is 37.5 Å². The molecule has 1 rings (SSSR count). The SMILES string of the molecule is Cc1cc(C(C)NC(=O)NCCC(=O)N(C)C)cc(C)c1F. The van der Waals surface area contributed by atoms with Gasteiger partial charge in [0.1, 0.15) is 5.82 Å². The third-order valence-electron chi connectivity index (χ3n) is 3.43. The zero-order chi connectivity index (χ0) is 16.9. The standard InChI is InChI=1S/C16H24FN3O2/c1-10-8-13(9-11(2)15(10)17)12(3)19-16(22)18-7-6-14(21)20(4)5/h8-9,12H,6-7H2,1-5H3,(H2,18,19,22). The van der Waals surface area contributed by atoms with Crippen molar-refractivity contribution in [2.24, 2.45) is 0 Å². The molecule has 1 unspecified atom stereocenters. The van der Waals surface area contributed by atoms with E-state index in [0.717, 1.165) is 5.56 Å². The van der Waals surface area contributed by atoms with E-state index in [4.69, 9.17) is 0 Å². The molecule has 1 aromatic rings. The normalized spacial score (nSPS) is 11.7. The summed E-state index contributed by atoms with van der Waals surface area (Å²) >= 11 is 0. The molecule has 0 spiro atoms. The number of benzene rings is 1. The van der Waals surface area contributed by atoms with Crippen LogP contribution in [0.2, 0.25) is 0 Å². The number of carbonyl (C=O) groups excluding carboxylic acids is 2. The van der Waals surface area contributed by atoms with Crippen molar-refractivity contribution in [3.05, 3.63) is 34.6 Å². The van der Waals surface area contributed by atoms with Gasteiger partial charge < -0.3 is 15.5 Å². The van der Waals surface area contributed by atoms with Gasteiger partial charge >= 0.3 is 6.03 Å². The maximum Gasteiger partial charge on any atom is 0.315 e. The molecule has 0 aliphatic rings. The van der Waals surface area contributed by atoms with Crippen LogP contribution in [0.15, 0.2) is 12.1 Å². The first-order valence-corrected chi connectivity index (χ1v) is 7.23. The molecular formula is C16H24FN3O2. The fraction of sp³-hybridized carbons (Fsp3) is 0.500. The van der Waals surface area contributed by atoms with E-state index in [1.807, 2.05) is 6.92 Å². The van der Waals surface area contributed by atoms with Gasteiger partial charge in [-0.3, -0.25) is 4.79 Å². The van der Waals surface area contributed by atoms with Crippen LogP contribution in [0.4, 0.5) is 9.18 Å². The van der Waals surface area contributed by atoms with Gasteiger partial charge in [0.15, 0.2) is 0 Å². The zero-order valence-corrected chi connectivity index (χ0v) is 13.8. The van der Waals surface area contributed by atoms with Gasteiger partial charge in [0.25, 0.3) is 0 Å². The monoisotopic (exact) mass is 309 g/mol. The minimum absolute atomic E-state index is 0.0434. The van der Waals surface area contributed by atoms with E-state index in [-0.39, 0.29) is 36.8 Å². The van der Waals surface area contributed by atoms with Crippen LogP contribution >= 0.6 is 0 Å². The molecule has 1 atom stereocenters. The summed E-state index contributed by atoms with van der Waals surface area (Å²) in [4.78, 5) is 24.7. The molecule has 0 aliphatic heterocycles. The van der Waals surface area contributed by atoms with Crippen molar-refractivity contribution in [1.29, 1.82) is 0 Å². The number of rotatable bonds is 5. The van der Waals surface area contributed by atoms with Crippen molar-refractivity contribution in [2.75, 3.05) is 20.6 Å². The van der Waals surface area contributed by atoms with Crippen LogP contribution in [0.3, 0.4) is 0 Å². The van der Waals surface area contributed by atoms with Crippen molar-refractivity contribution in [1.82, 2.24) is 15.5 Å². The predicted molar refractivity (Wildman–Crippen MR) is 84.1 cm³/mol. The summed E-state index contributed by atoms with van der Waals surface area (Å²) in [6, 6.07) is 2.85. The number of amides is 3. The Kier molecular flexibility index (Phi) is 6.34. The number of hydrogen-bond donors (Lipinski definition) is 2. The van der Waals surface area contributed by atoms with Crippen molar-refractivity contribution in [3.63, 3.8) is 0 Å². The quantitative estimate of drug-likeness (QED) is 0.876.